The predicted molar refractivity (Wildman–Crippen MR) is 147 cm³/mol. The molecule has 5 rings (SSSR count). The number of carbonyl (C=O) groups excluding carboxylic acids is 2. The van der Waals surface area contributed by atoms with Gasteiger partial charge in [-0.3, -0.25) is 9.59 Å². The fraction of sp³-hybridized carbons (Fsp3) is 0.120. The predicted octanol–water partition coefficient (Wildman–Crippen LogP) is 8.64. The molecule has 3 aromatic carbocycles. The van der Waals surface area contributed by atoms with Crippen molar-refractivity contribution in [2.24, 2.45) is 5.92 Å². The third-order valence-electron chi connectivity index (χ3n) is 5.77. The molecule has 1 saturated carbocycles. The Morgan fingerprint density at radius 1 is 0.829 bits per heavy atom. The minimum absolute atomic E-state index is 0.215. The van der Waals surface area contributed by atoms with Crippen molar-refractivity contribution in [2.75, 3.05) is 10.6 Å². The standard InChI is InChI=1S/C25H15Cl5N2O2S/c26-14-7-13(8-15(27)10-14)21-22(25(21,29)30)24(34)32-17-1-3-19(28)18(11-17)23(33)31-16-2-4-20-12(9-16)5-6-35-20/h1-11,21-22H,(H,31,33)(H,32,34)/t21-,22+/m0/s1. The van der Waals surface area contributed by atoms with Gasteiger partial charge in [-0.15, -0.1) is 34.5 Å². The first kappa shape index (κ1) is 24.7. The molecule has 1 fully saturated rings. The second kappa shape index (κ2) is 9.47. The summed E-state index contributed by atoms with van der Waals surface area (Å²) in [6.45, 7) is 0. The second-order valence-electron chi connectivity index (χ2n) is 8.14. The zero-order valence-corrected chi connectivity index (χ0v) is 22.2. The van der Waals surface area contributed by atoms with Crippen LogP contribution in [-0.2, 0) is 4.79 Å². The van der Waals surface area contributed by atoms with Crippen molar-refractivity contribution >= 4 is 103 Å². The Morgan fingerprint density at radius 2 is 1.51 bits per heavy atom. The second-order valence-corrected chi connectivity index (χ2v) is 11.8. The molecule has 2 atom stereocenters. The third kappa shape index (κ3) is 4.99. The Balaban J connectivity index is 1.33. The van der Waals surface area contributed by atoms with Gasteiger partial charge in [-0.1, -0.05) is 34.8 Å². The van der Waals surface area contributed by atoms with E-state index in [4.69, 9.17) is 58.0 Å². The number of rotatable bonds is 5. The van der Waals surface area contributed by atoms with Gasteiger partial charge in [0, 0.05) is 32.0 Å². The largest absolute Gasteiger partial charge is 0.326 e. The van der Waals surface area contributed by atoms with Crippen LogP contribution in [0.5, 0.6) is 0 Å². The molecule has 1 aromatic heterocycles. The minimum Gasteiger partial charge on any atom is -0.326 e. The highest BCUT2D eigenvalue weighted by molar-refractivity contribution is 7.17. The average Bonchev–Trinajstić information content (AvgIpc) is 3.11. The van der Waals surface area contributed by atoms with Crippen LogP contribution in [0.4, 0.5) is 11.4 Å². The Kier molecular flexibility index (Phi) is 6.68. The summed E-state index contributed by atoms with van der Waals surface area (Å²) < 4.78 is -0.191. The van der Waals surface area contributed by atoms with Crippen molar-refractivity contribution in [2.45, 2.75) is 10.3 Å². The Morgan fingerprint density at radius 3 is 2.26 bits per heavy atom. The SMILES string of the molecule is O=C(Nc1ccc2sccc2c1)c1cc(NC(=O)[C@H]2[C@H](c3cc(Cl)cc(Cl)c3)C2(Cl)Cl)ccc1Cl. The van der Waals surface area contributed by atoms with E-state index >= 15 is 0 Å². The van der Waals surface area contributed by atoms with Crippen LogP contribution in [0.25, 0.3) is 10.1 Å². The number of alkyl halides is 2. The number of carbonyl (C=O) groups is 2. The number of hydrogen-bond donors (Lipinski definition) is 2. The average molecular weight is 585 g/mol. The van der Waals surface area contributed by atoms with Gasteiger partial charge in [-0.2, -0.15) is 0 Å². The minimum atomic E-state index is -1.31. The maximum absolute atomic E-state index is 13.0. The van der Waals surface area contributed by atoms with Crippen molar-refractivity contribution in [3.05, 3.63) is 92.2 Å². The topological polar surface area (TPSA) is 58.2 Å². The molecule has 0 spiro atoms. The van der Waals surface area contributed by atoms with Gasteiger partial charge >= 0.3 is 0 Å². The highest BCUT2D eigenvalue weighted by Crippen LogP contribution is 2.65. The molecule has 10 heteroatoms. The normalized spacial score (nSPS) is 18.3. The molecule has 0 unspecified atom stereocenters. The van der Waals surface area contributed by atoms with Crippen molar-refractivity contribution in [1.82, 2.24) is 0 Å². The number of hydrogen-bond acceptors (Lipinski definition) is 3. The zero-order chi connectivity index (χ0) is 24.9. The lowest BCUT2D eigenvalue weighted by Crippen LogP contribution is -2.18. The van der Waals surface area contributed by atoms with E-state index in [0.29, 0.717) is 27.0 Å². The van der Waals surface area contributed by atoms with Crippen molar-refractivity contribution in [3.8, 4) is 0 Å². The van der Waals surface area contributed by atoms with E-state index in [2.05, 4.69) is 10.6 Å². The molecule has 2 amide bonds. The molecule has 1 aliphatic carbocycles. The fourth-order valence-corrected chi connectivity index (χ4v) is 6.41. The van der Waals surface area contributed by atoms with Crippen molar-refractivity contribution in [1.29, 1.82) is 0 Å². The molecule has 0 radical (unpaired) electrons. The van der Waals surface area contributed by atoms with Gasteiger partial charge < -0.3 is 10.6 Å². The number of benzene rings is 3. The van der Waals surface area contributed by atoms with E-state index in [1.165, 1.54) is 6.07 Å². The molecule has 2 N–H and O–H groups in total. The summed E-state index contributed by atoms with van der Waals surface area (Å²) in [5, 5.41) is 9.75. The van der Waals surface area contributed by atoms with E-state index in [9.17, 15) is 9.59 Å². The molecule has 0 bridgehead atoms. The third-order valence-corrected chi connectivity index (χ3v) is 8.37. The lowest BCUT2D eigenvalue weighted by Gasteiger charge is -2.10. The molecule has 1 aliphatic rings. The van der Waals surface area contributed by atoms with E-state index < -0.39 is 28.0 Å². The molecule has 178 valence electrons. The maximum atomic E-state index is 13.0. The monoisotopic (exact) mass is 582 g/mol. The van der Waals surface area contributed by atoms with Crippen LogP contribution in [0.15, 0.2) is 66.0 Å². The molecule has 1 heterocycles. The highest BCUT2D eigenvalue weighted by Gasteiger charge is 2.67. The van der Waals surface area contributed by atoms with Gasteiger partial charge in [-0.25, -0.2) is 0 Å². The van der Waals surface area contributed by atoms with E-state index in [1.54, 1.807) is 41.7 Å². The molecule has 4 nitrogen and oxygen atoms in total. The molecule has 35 heavy (non-hydrogen) atoms. The first-order chi connectivity index (χ1) is 16.6. The van der Waals surface area contributed by atoms with Crippen LogP contribution in [0.2, 0.25) is 15.1 Å². The quantitative estimate of drug-likeness (QED) is 0.231. The lowest BCUT2D eigenvalue weighted by molar-refractivity contribution is -0.117. The summed E-state index contributed by atoms with van der Waals surface area (Å²) in [6.07, 6.45) is 0. The van der Waals surface area contributed by atoms with Crippen molar-refractivity contribution < 1.29 is 9.59 Å². The van der Waals surface area contributed by atoms with Crippen LogP contribution in [0, 0.1) is 5.92 Å². The number of amides is 2. The van der Waals surface area contributed by atoms with Crippen LogP contribution in [0.1, 0.15) is 21.8 Å². The summed E-state index contributed by atoms with van der Waals surface area (Å²) in [5.41, 5.74) is 1.91. The number of anilines is 2. The molecular formula is C25H15Cl5N2O2S. The van der Waals surface area contributed by atoms with Crippen LogP contribution in [0.3, 0.4) is 0 Å². The van der Waals surface area contributed by atoms with Gasteiger partial charge in [0.15, 0.2) is 0 Å². The molecule has 4 aromatic rings. The number of thiophene rings is 1. The van der Waals surface area contributed by atoms with Gasteiger partial charge in [0.1, 0.15) is 4.33 Å². The Bertz CT molecular complexity index is 1470. The van der Waals surface area contributed by atoms with E-state index in [1.807, 2.05) is 29.6 Å². The van der Waals surface area contributed by atoms with Gasteiger partial charge in [0.25, 0.3) is 5.91 Å². The Hall–Kier alpha value is -1.99. The van der Waals surface area contributed by atoms with Crippen LogP contribution >= 0.6 is 69.3 Å². The lowest BCUT2D eigenvalue weighted by atomic mass is 10.1. The summed E-state index contributed by atoms with van der Waals surface area (Å²) in [4.78, 5) is 25.9. The fourth-order valence-electron chi connectivity index (χ4n) is 4.06. The summed E-state index contributed by atoms with van der Waals surface area (Å²) >= 11 is 33.0. The highest BCUT2D eigenvalue weighted by atomic mass is 35.5. The summed E-state index contributed by atoms with van der Waals surface area (Å²) in [7, 11) is 0. The summed E-state index contributed by atoms with van der Waals surface area (Å²) in [5.74, 6) is -2.01. The summed E-state index contributed by atoms with van der Waals surface area (Å²) in [6, 6.07) is 17.3. The number of halogens is 5. The zero-order valence-electron chi connectivity index (χ0n) is 17.6. The Labute approximate surface area is 230 Å². The van der Waals surface area contributed by atoms with E-state index in [0.717, 1.165) is 10.1 Å². The van der Waals surface area contributed by atoms with Gasteiger partial charge in [0.2, 0.25) is 5.91 Å². The molecular weight excluding hydrogens is 570 g/mol. The number of nitrogens with one attached hydrogen (secondary N) is 2. The first-order valence-corrected chi connectivity index (χ1v) is 13.1. The maximum Gasteiger partial charge on any atom is 0.257 e. The van der Waals surface area contributed by atoms with Gasteiger partial charge in [0.05, 0.1) is 16.5 Å². The molecule has 0 saturated heterocycles. The number of fused-ring (bicyclic) bond motifs is 1. The smallest absolute Gasteiger partial charge is 0.257 e. The van der Waals surface area contributed by atoms with Crippen LogP contribution < -0.4 is 10.6 Å². The first-order valence-electron chi connectivity index (χ1n) is 10.4. The van der Waals surface area contributed by atoms with Crippen LogP contribution in [-0.4, -0.2) is 16.1 Å². The van der Waals surface area contributed by atoms with E-state index in [-0.39, 0.29) is 10.6 Å². The van der Waals surface area contributed by atoms with Gasteiger partial charge in [-0.05, 0) is 77.0 Å². The molecule has 0 aliphatic heterocycles. The van der Waals surface area contributed by atoms with Crippen molar-refractivity contribution in [3.63, 3.8) is 0 Å².